The number of ether oxygens (including phenoxy) is 1. The fraction of sp³-hybridized carbons (Fsp3) is 0.231. The van der Waals surface area contributed by atoms with Crippen LogP contribution < -0.4 is 0 Å². The Kier molecular flexibility index (Phi) is 4.12. The largest absolute Gasteiger partial charge is 0.457 e. The molecule has 0 aliphatic carbocycles. The van der Waals surface area contributed by atoms with Gasteiger partial charge in [-0.05, 0) is 19.1 Å². The van der Waals surface area contributed by atoms with Crippen molar-refractivity contribution in [1.29, 1.82) is 0 Å². The van der Waals surface area contributed by atoms with Crippen LogP contribution in [0.3, 0.4) is 0 Å². The van der Waals surface area contributed by atoms with Crippen molar-refractivity contribution in [3.63, 3.8) is 0 Å². The van der Waals surface area contributed by atoms with E-state index in [1.54, 1.807) is 36.9 Å². The lowest BCUT2D eigenvalue weighted by molar-refractivity contribution is 0.0472. The number of hydrogen-bond acceptors (Lipinski definition) is 3. The third kappa shape index (κ3) is 3.08. The molecular weight excluding hydrogens is 287 g/mol. The van der Waals surface area contributed by atoms with Crippen molar-refractivity contribution in [3.8, 4) is 0 Å². The summed E-state index contributed by atoms with van der Waals surface area (Å²) in [6.45, 7) is 1.90. The minimum atomic E-state index is -0.420. The molecule has 0 fully saturated rings. The Morgan fingerprint density at radius 1 is 1.42 bits per heavy atom. The van der Waals surface area contributed by atoms with Crippen LogP contribution in [0.2, 0.25) is 10.0 Å². The van der Waals surface area contributed by atoms with Crippen molar-refractivity contribution < 1.29 is 9.53 Å². The zero-order valence-electron chi connectivity index (χ0n) is 10.5. The first kappa shape index (κ1) is 13.9. The van der Waals surface area contributed by atoms with Gasteiger partial charge in [-0.15, -0.1) is 0 Å². The van der Waals surface area contributed by atoms with Gasteiger partial charge < -0.3 is 4.74 Å². The van der Waals surface area contributed by atoms with Crippen LogP contribution in [0.25, 0.3) is 0 Å². The lowest BCUT2D eigenvalue weighted by Gasteiger charge is -2.06. The Morgan fingerprint density at radius 2 is 2.16 bits per heavy atom. The van der Waals surface area contributed by atoms with Gasteiger partial charge in [0.2, 0.25) is 0 Å². The van der Waals surface area contributed by atoms with E-state index in [-0.39, 0.29) is 6.61 Å². The molecule has 1 heterocycles. The van der Waals surface area contributed by atoms with E-state index in [9.17, 15) is 4.79 Å². The highest BCUT2D eigenvalue weighted by atomic mass is 35.5. The molecule has 100 valence electrons. The standard InChI is InChI=1S/C13H12Cl2N2O2/c1-8-11(6-16-17(8)2)13(18)19-7-9-3-4-10(14)5-12(9)15/h3-6H,7H2,1-2H3. The highest BCUT2D eigenvalue weighted by Gasteiger charge is 2.14. The molecule has 4 nitrogen and oxygen atoms in total. The first-order chi connectivity index (χ1) is 8.99. The van der Waals surface area contributed by atoms with Gasteiger partial charge >= 0.3 is 5.97 Å². The van der Waals surface area contributed by atoms with Crippen molar-refractivity contribution in [1.82, 2.24) is 9.78 Å². The van der Waals surface area contributed by atoms with E-state index >= 15 is 0 Å². The van der Waals surface area contributed by atoms with Gasteiger partial charge in [-0.1, -0.05) is 29.3 Å². The lowest BCUT2D eigenvalue weighted by atomic mass is 10.2. The van der Waals surface area contributed by atoms with Gasteiger partial charge in [0.25, 0.3) is 0 Å². The summed E-state index contributed by atoms with van der Waals surface area (Å²) in [4.78, 5) is 11.9. The van der Waals surface area contributed by atoms with Gasteiger partial charge in [-0.3, -0.25) is 4.68 Å². The lowest BCUT2D eigenvalue weighted by Crippen LogP contribution is -2.07. The first-order valence-electron chi connectivity index (χ1n) is 5.58. The molecule has 0 radical (unpaired) electrons. The van der Waals surface area contributed by atoms with Crippen LogP contribution in [0.1, 0.15) is 21.6 Å². The SMILES string of the molecule is Cc1c(C(=O)OCc2ccc(Cl)cc2Cl)cnn1C. The summed E-state index contributed by atoms with van der Waals surface area (Å²) in [5.74, 6) is -0.420. The van der Waals surface area contributed by atoms with Gasteiger partial charge in [0.1, 0.15) is 12.2 Å². The van der Waals surface area contributed by atoms with E-state index in [0.29, 0.717) is 21.2 Å². The van der Waals surface area contributed by atoms with Crippen LogP contribution >= 0.6 is 23.2 Å². The van der Waals surface area contributed by atoms with Crippen molar-refractivity contribution in [3.05, 3.63) is 51.3 Å². The Hall–Kier alpha value is -1.52. The third-order valence-electron chi connectivity index (χ3n) is 2.83. The minimum absolute atomic E-state index is 0.100. The molecular formula is C13H12Cl2N2O2. The second kappa shape index (κ2) is 5.63. The average molecular weight is 299 g/mol. The number of benzene rings is 1. The van der Waals surface area contributed by atoms with Crippen molar-refractivity contribution >= 4 is 29.2 Å². The summed E-state index contributed by atoms with van der Waals surface area (Å²) in [6.07, 6.45) is 1.49. The second-order valence-corrected chi connectivity index (χ2v) is 4.92. The van der Waals surface area contributed by atoms with E-state index < -0.39 is 5.97 Å². The fourth-order valence-electron chi connectivity index (χ4n) is 1.56. The number of carbonyl (C=O) groups excluding carboxylic acids is 1. The molecule has 0 saturated carbocycles. The van der Waals surface area contributed by atoms with Gasteiger partial charge in [-0.2, -0.15) is 5.10 Å². The predicted molar refractivity (Wildman–Crippen MR) is 73.5 cm³/mol. The molecule has 0 bridgehead atoms. The molecule has 0 aliphatic rings. The molecule has 0 amide bonds. The van der Waals surface area contributed by atoms with E-state index in [4.69, 9.17) is 27.9 Å². The monoisotopic (exact) mass is 298 g/mol. The number of rotatable bonds is 3. The Bertz CT molecular complexity index is 623. The summed E-state index contributed by atoms with van der Waals surface area (Å²) in [5.41, 5.74) is 1.92. The molecule has 0 atom stereocenters. The zero-order chi connectivity index (χ0) is 14.0. The van der Waals surface area contributed by atoms with E-state index in [0.717, 1.165) is 5.69 Å². The molecule has 1 aromatic heterocycles. The van der Waals surface area contributed by atoms with Crippen LogP contribution in [0.5, 0.6) is 0 Å². The smallest absolute Gasteiger partial charge is 0.341 e. The highest BCUT2D eigenvalue weighted by molar-refractivity contribution is 6.35. The number of carbonyl (C=O) groups is 1. The van der Waals surface area contributed by atoms with Crippen molar-refractivity contribution in [2.75, 3.05) is 0 Å². The average Bonchev–Trinajstić information content (AvgIpc) is 2.69. The molecule has 0 unspecified atom stereocenters. The van der Waals surface area contributed by atoms with E-state index in [2.05, 4.69) is 5.10 Å². The molecule has 6 heteroatoms. The van der Waals surface area contributed by atoms with Crippen molar-refractivity contribution in [2.24, 2.45) is 7.05 Å². The topological polar surface area (TPSA) is 44.1 Å². The van der Waals surface area contributed by atoms with Crippen LogP contribution in [0.15, 0.2) is 24.4 Å². The number of halogens is 2. The van der Waals surface area contributed by atoms with Crippen LogP contribution in [0.4, 0.5) is 0 Å². The molecule has 0 aliphatic heterocycles. The molecule has 1 aromatic carbocycles. The van der Waals surface area contributed by atoms with Gasteiger partial charge in [0.05, 0.1) is 6.20 Å². The van der Waals surface area contributed by atoms with Crippen LogP contribution in [-0.2, 0) is 18.4 Å². The zero-order valence-corrected chi connectivity index (χ0v) is 12.0. The fourth-order valence-corrected chi connectivity index (χ4v) is 2.02. The molecule has 0 spiro atoms. The Balaban J connectivity index is 2.06. The van der Waals surface area contributed by atoms with E-state index in [1.807, 2.05) is 0 Å². The summed E-state index contributed by atoms with van der Waals surface area (Å²) in [7, 11) is 1.77. The quantitative estimate of drug-likeness (QED) is 0.816. The highest BCUT2D eigenvalue weighted by Crippen LogP contribution is 2.22. The number of nitrogens with zero attached hydrogens (tertiary/aromatic N) is 2. The second-order valence-electron chi connectivity index (χ2n) is 4.08. The third-order valence-corrected chi connectivity index (χ3v) is 3.42. The predicted octanol–water partition coefficient (Wildman–Crippen LogP) is 3.39. The summed E-state index contributed by atoms with van der Waals surface area (Å²) < 4.78 is 6.83. The summed E-state index contributed by atoms with van der Waals surface area (Å²) in [5, 5.41) is 5.01. The summed E-state index contributed by atoms with van der Waals surface area (Å²) >= 11 is 11.8. The maximum absolute atomic E-state index is 11.9. The van der Waals surface area contributed by atoms with Gasteiger partial charge in [-0.25, -0.2) is 4.79 Å². The maximum atomic E-state index is 11.9. The van der Waals surface area contributed by atoms with Crippen LogP contribution in [-0.4, -0.2) is 15.7 Å². The minimum Gasteiger partial charge on any atom is -0.457 e. The van der Waals surface area contributed by atoms with Crippen LogP contribution in [0, 0.1) is 6.92 Å². The number of aromatic nitrogens is 2. The molecule has 2 rings (SSSR count). The molecule has 19 heavy (non-hydrogen) atoms. The van der Waals surface area contributed by atoms with Gasteiger partial charge in [0, 0.05) is 28.4 Å². The Labute approximate surface area is 120 Å². The van der Waals surface area contributed by atoms with E-state index in [1.165, 1.54) is 6.20 Å². The maximum Gasteiger partial charge on any atom is 0.341 e. The summed E-state index contributed by atoms with van der Waals surface area (Å²) in [6, 6.07) is 5.04. The molecule has 0 N–H and O–H groups in total. The van der Waals surface area contributed by atoms with Crippen molar-refractivity contribution in [2.45, 2.75) is 13.5 Å². The number of aryl methyl sites for hydroxylation is 1. The number of esters is 1. The number of hydrogen-bond donors (Lipinski definition) is 0. The normalized spacial score (nSPS) is 10.5. The Morgan fingerprint density at radius 3 is 2.74 bits per heavy atom. The molecule has 0 saturated heterocycles. The first-order valence-corrected chi connectivity index (χ1v) is 6.34. The molecule has 2 aromatic rings. The van der Waals surface area contributed by atoms with Gasteiger partial charge in [0.15, 0.2) is 0 Å².